The topological polar surface area (TPSA) is 89.6 Å². The summed E-state index contributed by atoms with van der Waals surface area (Å²) in [6.45, 7) is 3.31. The van der Waals surface area contributed by atoms with Gasteiger partial charge >= 0.3 is 0 Å². The van der Waals surface area contributed by atoms with E-state index in [2.05, 4.69) is 32.2 Å². The number of nitrogens with zero attached hydrogens (tertiary/aromatic N) is 1. The molecule has 0 aliphatic carbocycles. The van der Waals surface area contributed by atoms with Crippen molar-refractivity contribution >= 4 is 28.1 Å². The Morgan fingerprint density at radius 2 is 2.39 bits per heavy atom. The minimum Gasteiger partial charge on any atom is -0.317 e. The largest absolute Gasteiger partial charge is 0.317 e. The number of fused-ring (bicyclic) bond motifs is 1. The first kappa shape index (κ1) is 11.5. The van der Waals surface area contributed by atoms with Gasteiger partial charge < -0.3 is 10.6 Å². The van der Waals surface area contributed by atoms with Crippen molar-refractivity contribution in [1.29, 1.82) is 0 Å². The van der Waals surface area contributed by atoms with E-state index in [1.54, 1.807) is 11.3 Å². The van der Waals surface area contributed by atoms with Crippen LogP contribution in [-0.4, -0.2) is 18.3 Å². The number of hydrazone groups is 1. The number of hydrogen-bond donors (Lipinski definition) is 5. The number of anilines is 1. The average molecular weight is 266 g/mol. The molecule has 96 valence electrons. The molecule has 0 spiro atoms. The molecule has 0 radical (unpaired) electrons. The first-order valence-corrected chi connectivity index (χ1v) is 6.54. The highest BCUT2D eigenvalue weighted by molar-refractivity contribution is 7.17. The maximum Gasteiger partial charge on any atom is 0.221 e. The smallest absolute Gasteiger partial charge is 0.221 e. The van der Waals surface area contributed by atoms with E-state index >= 15 is 0 Å². The Bertz CT molecular complexity index is 523. The second kappa shape index (κ2) is 4.56. The number of hydrogen-bond acceptors (Lipinski definition) is 7. The lowest BCUT2D eigenvalue weighted by atomic mass is 10.0. The van der Waals surface area contributed by atoms with E-state index in [0.29, 0.717) is 0 Å². The third-order valence-corrected chi connectivity index (χ3v) is 4.01. The van der Waals surface area contributed by atoms with Crippen molar-refractivity contribution in [2.45, 2.75) is 19.9 Å². The minimum absolute atomic E-state index is 0.0673. The van der Waals surface area contributed by atoms with Crippen LogP contribution in [0.1, 0.15) is 22.9 Å². The molecule has 0 unspecified atom stereocenters. The standard InChI is InChI=1S/C10H14N6OS/c1-5(17)12-10-8(9-13-15-16-14-9)6-2-3-11-4-7(6)18-10/h11,15-16H,2-4H2,1H3,(H,12,17)(H,13,14). The molecular formula is C10H14N6OS. The molecule has 0 saturated heterocycles. The molecule has 2 aliphatic heterocycles. The Hall–Kier alpha value is -1.64. The van der Waals surface area contributed by atoms with Crippen LogP contribution in [0.3, 0.4) is 0 Å². The maximum absolute atomic E-state index is 11.3. The molecule has 1 aromatic rings. The molecule has 0 aromatic carbocycles. The number of thiophene rings is 1. The van der Waals surface area contributed by atoms with Crippen LogP contribution < -0.4 is 27.1 Å². The third-order valence-electron chi connectivity index (χ3n) is 2.86. The first-order valence-electron chi connectivity index (χ1n) is 5.72. The summed E-state index contributed by atoms with van der Waals surface area (Å²) >= 11 is 1.61. The predicted octanol–water partition coefficient (Wildman–Crippen LogP) is -0.374. The summed E-state index contributed by atoms with van der Waals surface area (Å²) in [6, 6.07) is 0. The lowest BCUT2D eigenvalue weighted by molar-refractivity contribution is -0.114. The van der Waals surface area contributed by atoms with Gasteiger partial charge in [-0.2, -0.15) is 0 Å². The summed E-state index contributed by atoms with van der Waals surface area (Å²) in [5.41, 5.74) is 10.6. The van der Waals surface area contributed by atoms with Gasteiger partial charge in [0.25, 0.3) is 0 Å². The number of hydrazine groups is 2. The number of rotatable bonds is 2. The molecule has 3 rings (SSSR count). The van der Waals surface area contributed by atoms with Crippen molar-refractivity contribution in [3.63, 3.8) is 0 Å². The maximum atomic E-state index is 11.3. The SMILES string of the molecule is CC(=O)Nc1sc2c(c1C1=NNNN1)CCNC2. The molecule has 0 bridgehead atoms. The summed E-state index contributed by atoms with van der Waals surface area (Å²) in [4.78, 5) is 12.5. The minimum atomic E-state index is -0.0673. The van der Waals surface area contributed by atoms with Crippen LogP contribution in [0.15, 0.2) is 5.10 Å². The molecule has 8 heteroatoms. The van der Waals surface area contributed by atoms with E-state index in [1.165, 1.54) is 17.4 Å². The molecule has 0 fully saturated rings. The summed E-state index contributed by atoms with van der Waals surface area (Å²) in [5.74, 6) is 0.653. The van der Waals surface area contributed by atoms with E-state index < -0.39 is 0 Å². The van der Waals surface area contributed by atoms with E-state index in [4.69, 9.17) is 0 Å². The summed E-state index contributed by atoms with van der Waals surface area (Å²) in [6.07, 6.45) is 0.946. The highest BCUT2D eigenvalue weighted by Crippen LogP contribution is 2.35. The van der Waals surface area contributed by atoms with Gasteiger partial charge in [0.05, 0.1) is 5.56 Å². The van der Waals surface area contributed by atoms with Gasteiger partial charge in [-0.25, -0.2) is 5.53 Å². The Morgan fingerprint density at radius 1 is 1.50 bits per heavy atom. The fourth-order valence-electron chi connectivity index (χ4n) is 2.15. The molecule has 3 heterocycles. The van der Waals surface area contributed by atoms with Crippen LogP contribution in [0.2, 0.25) is 0 Å². The number of carbonyl (C=O) groups excluding carboxylic acids is 1. The fraction of sp³-hybridized carbons (Fsp3) is 0.400. The second-order valence-electron chi connectivity index (χ2n) is 4.14. The number of amides is 1. The second-order valence-corrected chi connectivity index (χ2v) is 5.24. The zero-order valence-electron chi connectivity index (χ0n) is 9.89. The lowest BCUT2D eigenvalue weighted by Gasteiger charge is -2.14. The Kier molecular flexibility index (Phi) is 2.90. The molecule has 0 atom stereocenters. The Balaban J connectivity index is 2.06. The average Bonchev–Trinajstić information content (AvgIpc) is 2.93. The molecule has 0 saturated carbocycles. The van der Waals surface area contributed by atoms with Crippen molar-refractivity contribution < 1.29 is 4.79 Å². The molecular weight excluding hydrogens is 252 g/mol. The zero-order valence-corrected chi connectivity index (χ0v) is 10.7. The van der Waals surface area contributed by atoms with E-state index in [0.717, 1.165) is 35.9 Å². The van der Waals surface area contributed by atoms with Gasteiger partial charge in [-0.15, -0.1) is 22.0 Å². The molecule has 1 amide bonds. The highest BCUT2D eigenvalue weighted by atomic mass is 32.1. The Morgan fingerprint density at radius 3 is 3.11 bits per heavy atom. The number of nitrogens with one attached hydrogen (secondary N) is 5. The Labute approximate surface area is 108 Å². The van der Waals surface area contributed by atoms with Gasteiger partial charge in [-0.05, 0) is 18.5 Å². The summed E-state index contributed by atoms with van der Waals surface area (Å²) in [5, 5.41) is 11.2. The van der Waals surface area contributed by atoms with Crippen LogP contribution in [0.4, 0.5) is 5.00 Å². The van der Waals surface area contributed by atoms with E-state index in [1.807, 2.05) is 0 Å². The first-order chi connectivity index (χ1) is 8.75. The molecule has 2 aliphatic rings. The predicted molar refractivity (Wildman–Crippen MR) is 70.0 cm³/mol. The van der Waals surface area contributed by atoms with Gasteiger partial charge in [-0.3, -0.25) is 10.2 Å². The number of carbonyl (C=O) groups is 1. The van der Waals surface area contributed by atoms with Crippen LogP contribution in [-0.2, 0) is 17.8 Å². The van der Waals surface area contributed by atoms with Crippen molar-refractivity contribution in [2.75, 3.05) is 11.9 Å². The van der Waals surface area contributed by atoms with Crippen LogP contribution in [0.5, 0.6) is 0 Å². The van der Waals surface area contributed by atoms with Crippen LogP contribution >= 0.6 is 11.3 Å². The molecule has 18 heavy (non-hydrogen) atoms. The van der Waals surface area contributed by atoms with Gasteiger partial charge in [0, 0.05) is 18.3 Å². The van der Waals surface area contributed by atoms with E-state index in [-0.39, 0.29) is 5.91 Å². The highest BCUT2D eigenvalue weighted by Gasteiger charge is 2.25. The fourth-order valence-corrected chi connectivity index (χ4v) is 3.42. The van der Waals surface area contributed by atoms with Gasteiger partial charge in [-0.1, -0.05) is 0 Å². The number of amidine groups is 1. The van der Waals surface area contributed by atoms with Gasteiger partial charge in [0.1, 0.15) is 5.00 Å². The lowest BCUT2D eigenvalue weighted by Crippen LogP contribution is -2.36. The van der Waals surface area contributed by atoms with Gasteiger partial charge in [0.15, 0.2) is 5.84 Å². The monoisotopic (exact) mass is 266 g/mol. The van der Waals surface area contributed by atoms with E-state index in [9.17, 15) is 4.79 Å². The van der Waals surface area contributed by atoms with Crippen molar-refractivity contribution in [1.82, 2.24) is 21.8 Å². The van der Waals surface area contributed by atoms with Crippen molar-refractivity contribution in [3.05, 3.63) is 16.0 Å². The van der Waals surface area contributed by atoms with Gasteiger partial charge in [0.2, 0.25) is 5.91 Å². The van der Waals surface area contributed by atoms with Crippen molar-refractivity contribution in [3.8, 4) is 0 Å². The summed E-state index contributed by atoms with van der Waals surface area (Å²) < 4.78 is 0. The van der Waals surface area contributed by atoms with Crippen molar-refractivity contribution in [2.24, 2.45) is 5.10 Å². The van der Waals surface area contributed by atoms with Crippen LogP contribution in [0.25, 0.3) is 0 Å². The normalized spacial score (nSPS) is 17.5. The quantitative estimate of drug-likeness (QED) is 0.504. The summed E-state index contributed by atoms with van der Waals surface area (Å²) in [7, 11) is 0. The molecule has 5 N–H and O–H groups in total. The molecule has 1 aromatic heterocycles. The molecule has 7 nitrogen and oxygen atoms in total. The third kappa shape index (κ3) is 1.94. The van der Waals surface area contributed by atoms with Crippen LogP contribution in [0, 0.1) is 0 Å². The zero-order chi connectivity index (χ0) is 12.5.